The molecular formula is C20H25N3O4. The van der Waals surface area contributed by atoms with Gasteiger partial charge in [-0.15, -0.1) is 0 Å². The zero-order valence-electron chi connectivity index (χ0n) is 15.4. The van der Waals surface area contributed by atoms with Gasteiger partial charge < -0.3 is 15.2 Å². The molecule has 4 rings (SSSR count). The van der Waals surface area contributed by atoms with Crippen LogP contribution >= 0.6 is 0 Å². The van der Waals surface area contributed by atoms with E-state index in [1.165, 1.54) is 11.1 Å². The highest BCUT2D eigenvalue weighted by Crippen LogP contribution is 2.37. The van der Waals surface area contributed by atoms with Gasteiger partial charge >= 0.3 is 0 Å². The second-order valence-electron chi connectivity index (χ2n) is 7.00. The van der Waals surface area contributed by atoms with Gasteiger partial charge in [0.05, 0.1) is 18.8 Å². The number of aromatic nitrogens is 2. The Morgan fingerprint density at radius 2 is 2.11 bits per heavy atom. The molecule has 0 bridgehead atoms. The monoisotopic (exact) mass is 371 g/mol. The molecule has 1 aromatic carbocycles. The number of hydrogen-bond donors (Lipinski definition) is 2. The molecule has 1 aromatic heterocycles. The molecule has 2 aliphatic rings. The number of carbonyl (C=O) groups excluding carboxylic acids is 1. The Morgan fingerprint density at radius 1 is 1.41 bits per heavy atom. The Kier molecular flexibility index (Phi) is 6.24. The molecular weight excluding hydrogens is 346 g/mol. The van der Waals surface area contributed by atoms with Gasteiger partial charge in [-0.1, -0.05) is 37.3 Å². The van der Waals surface area contributed by atoms with Crippen LogP contribution in [0.1, 0.15) is 36.3 Å². The normalized spacial score (nSPS) is 22.8. The lowest BCUT2D eigenvalue weighted by atomic mass is 10.1. The van der Waals surface area contributed by atoms with Crippen molar-refractivity contribution < 1.29 is 19.4 Å². The van der Waals surface area contributed by atoms with Crippen LogP contribution in [0, 0.1) is 11.8 Å². The summed E-state index contributed by atoms with van der Waals surface area (Å²) in [5.41, 5.74) is 3.43. The second kappa shape index (κ2) is 8.81. The van der Waals surface area contributed by atoms with Crippen LogP contribution in [0.15, 0.2) is 36.5 Å². The molecule has 1 aliphatic heterocycles. The fraction of sp³-hybridized carbons (Fsp3) is 0.450. The van der Waals surface area contributed by atoms with Gasteiger partial charge in [-0.2, -0.15) is 5.10 Å². The van der Waals surface area contributed by atoms with Gasteiger partial charge in [0.2, 0.25) is 5.91 Å². The van der Waals surface area contributed by atoms with Crippen molar-refractivity contribution >= 4 is 12.4 Å². The Hall–Kier alpha value is -2.67. The first kappa shape index (κ1) is 19.1. The van der Waals surface area contributed by atoms with Crippen molar-refractivity contribution in [1.82, 2.24) is 15.1 Å². The van der Waals surface area contributed by atoms with E-state index in [2.05, 4.69) is 30.6 Å². The van der Waals surface area contributed by atoms with E-state index >= 15 is 0 Å². The lowest BCUT2D eigenvalue weighted by molar-refractivity contribution is -0.124. The number of nitrogens with one attached hydrogen (secondary N) is 1. The van der Waals surface area contributed by atoms with Crippen LogP contribution in [0.3, 0.4) is 0 Å². The van der Waals surface area contributed by atoms with Crippen LogP contribution in [-0.2, 0) is 27.3 Å². The van der Waals surface area contributed by atoms with Crippen LogP contribution in [-0.4, -0.2) is 40.4 Å². The molecule has 0 radical (unpaired) electrons. The Bertz CT molecular complexity index is 775. The van der Waals surface area contributed by atoms with E-state index in [9.17, 15) is 4.79 Å². The fourth-order valence-electron chi connectivity index (χ4n) is 3.35. The molecule has 1 fully saturated rings. The maximum absolute atomic E-state index is 12.0. The van der Waals surface area contributed by atoms with Gasteiger partial charge in [0.1, 0.15) is 6.10 Å². The number of carbonyl (C=O) groups is 2. The lowest BCUT2D eigenvalue weighted by Gasteiger charge is -2.22. The quantitative estimate of drug-likeness (QED) is 0.785. The third-order valence-electron chi connectivity index (χ3n) is 4.96. The zero-order valence-corrected chi connectivity index (χ0v) is 15.4. The Balaban J connectivity index is 0.000000659. The number of hydrogen-bond acceptors (Lipinski definition) is 4. The molecule has 1 aliphatic carbocycles. The van der Waals surface area contributed by atoms with Crippen LogP contribution in [0.2, 0.25) is 0 Å². The van der Waals surface area contributed by atoms with Crippen LogP contribution < -0.4 is 5.32 Å². The molecule has 2 aromatic rings. The van der Waals surface area contributed by atoms with E-state index in [-0.39, 0.29) is 24.4 Å². The number of ether oxygens (including phenoxy) is 1. The molecule has 1 amide bonds. The number of amides is 1. The highest BCUT2D eigenvalue weighted by Gasteiger charge is 2.39. The SMILES string of the molecule is CC1CC1C(=O)NCC1OCCc2cn(Cc3ccccc3)nc21.O=CO. The summed E-state index contributed by atoms with van der Waals surface area (Å²) in [6, 6.07) is 10.3. The minimum absolute atomic E-state index is 0.135. The van der Waals surface area contributed by atoms with Gasteiger partial charge in [-0.3, -0.25) is 14.3 Å². The molecule has 0 saturated heterocycles. The smallest absolute Gasteiger partial charge is 0.290 e. The zero-order chi connectivity index (χ0) is 19.2. The summed E-state index contributed by atoms with van der Waals surface area (Å²) in [7, 11) is 0. The molecule has 2 heterocycles. The summed E-state index contributed by atoms with van der Waals surface area (Å²) in [4.78, 5) is 20.4. The van der Waals surface area contributed by atoms with E-state index in [1.54, 1.807) is 0 Å². The van der Waals surface area contributed by atoms with Crippen molar-refractivity contribution in [2.45, 2.75) is 32.4 Å². The van der Waals surface area contributed by atoms with E-state index in [0.29, 0.717) is 19.1 Å². The summed E-state index contributed by atoms with van der Waals surface area (Å²) in [5.74, 6) is 0.878. The standard InChI is InChI=1S/C19H23N3O2.CH2O2/c1-13-9-16(13)19(23)20-10-17-18-15(7-8-24-17)12-22(21-18)11-14-5-3-2-4-6-14;2-1-3/h2-6,12-13,16-17H,7-11H2,1H3,(H,20,23);1H,(H,2,3). The van der Waals surface area contributed by atoms with Crippen molar-refractivity contribution in [2.24, 2.45) is 11.8 Å². The van der Waals surface area contributed by atoms with Gasteiger partial charge in [0, 0.05) is 18.7 Å². The number of benzene rings is 1. The fourth-order valence-corrected chi connectivity index (χ4v) is 3.35. The summed E-state index contributed by atoms with van der Waals surface area (Å²) >= 11 is 0. The van der Waals surface area contributed by atoms with Gasteiger partial charge in [0.15, 0.2) is 0 Å². The largest absolute Gasteiger partial charge is 0.483 e. The Morgan fingerprint density at radius 3 is 2.78 bits per heavy atom. The summed E-state index contributed by atoms with van der Waals surface area (Å²) in [5, 5.41) is 14.6. The molecule has 7 heteroatoms. The third kappa shape index (κ3) is 4.95. The second-order valence-corrected chi connectivity index (χ2v) is 7.00. The third-order valence-corrected chi connectivity index (χ3v) is 4.96. The average molecular weight is 371 g/mol. The molecule has 27 heavy (non-hydrogen) atoms. The number of carboxylic acid groups (broad SMARTS) is 1. The van der Waals surface area contributed by atoms with E-state index in [4.69, 9.17) is 19.7 Å². The molecule has 2 N–H and O–H groups in total. The summed E-state index contributed by atoms with van der Waals surface area (Å²) in [6.45, 7) is 3.82. The van der Waals surface area contributed by atoms with E-state index in [1.807, 2.05) is 22.9 Å². The van der Waals surface area contributed by atoms with Crippen molar-refractivity contribution in [3.05, 3.63) is 53.3 Å². The molecule has 7 nitrogen and oxygen atoms in total. The highest BCUT2D eigenvalue weighted by molar-refractivity contribution is 5.81. The molecule has 3 atom stereocenters. The Labute approximate surface area is 158 Å². The molecule has 3 unspecified atom stereocenters. The minimum atomic E-state index is -0.250. The van der Waals surface area contributed by atoms with Gasteiger partial charge in [0.25, 0.3) is 6.47 Å². The first-order chi connectivity index (χ1) is 13.1. The maximum atomic E-state index is 12.0. The highest BCUT2D eigenvalue weighted by atomic mass is 16.5. The van der Waals surface area contributed by atoms with Crippen molar-refractivity contribution in [1.29, 1.82) is 0 Å². The first-order valence-electron chi connectivity index (χ1n) is 9.19. The summed E-state index contributed by atoms with van der Waals surface area (Å²) < 4.78 is 7.83. The lowest BCUT2D eigenvalue weighted by Crippen LogP contribution is -2.33. The van der Waals surface area contributed by atoms with E-state index < -0.39 is 0 Å². The number of fused-ring (bicyclic) bond motifs is 1. The van der Waals surface area contributed by atoms with Crippen molar-refractivity contribution in [2.75, 3.05) is 13.2 Å². The topological polar surface area (TPSA) is 93.5 Å². The van der Waals surface area contributed by atoms with E-state index in [0.717, 1.165) is 25.1 Å². The van der Waals surface area contributed by atoms with Gasteiger partial charge in [-0.25, -0.2) is 0 Å². The predicted octanol–water partition coefficient (Wildman–Crippen LogP) is 2.02. The van der Waals surface area contributed by atoms with Crippen LogP contribution in [0.25, 0.3) is 0 Å². The van der Waals surface area contributed by atoms with Crippen LogP contribution in [0.4, 0.5) is 0 Å². The molecule has 1 saturated carbocycles. The number of nitrogens with zero attached hydrogens (tertiary/aromatic N) is 2. The minimum Gasteiger partial charge on any atom is -0.483 e. The van der Waals surface area contributed by atoms with Crippen LogP contribution in [0.5, 0.6) is 0 Å². The maximum Gasteiger partial charge on any atom is 0.290 e. The van der Waals surface area contributed by atoms with Gasteiger partial charge in [-0.05, 0) is 29.9 Å². The summed E-state index contributed by atoms with van der Waals surface area (Å²) in [6.07, 6.45) is 3.87. The van der Waals surface area contributed by atoms with Crippen molar-refractivity contribution in [3.63, 3.8) is 0 Å². The number of rotatable bonds is 5. The van der Waals surface area contributed by atoms with Crippen molar-refractivity contribution in [3.8, 4) is 0 Å². The average Bonchev–Trinajstić information content (AvgIpc) is 3.25. The molecule has 144 valence electrons. The first-order valence-corrected chi connectivity index (χ1v) is 9.19. The molecule has 0 spiro atoms. The predicted molar refractivity (Wildman–Crippen MR) is 99.1 cm³/mol.